The summed E-state index contributed by atoms with van der Waals surface area (Å²) in [4.78, 5) is 0.489. The summed E-state index contributed by atoms with van der Waals surface area (Å²) in [7, 11) is 0. The largest absolute Gasteiger partial charge is 0.573 e. The van der Waals surface area contributed by atoms with Crippen LogP contribution in [0.3, 0.4) is 0 Å². The normalized spacial score (nSPS) is 11.6. The van der Waals surface area contributed by atoms with Crippen molar-refractivity contribution in [2.75, 3.05) is 5.73 Å². The summed E-state index contributed by atoms with van der Waals surface area (Å²) < 4.78 is 40.8. The van der Waals surface area contributed by atoms with E-state index in [1.165, 1.54) is 29.5 Å². The number of ether oxygens (including phenoxy) is 1. The van der Waals surface area contributed by atoms with Gasteiger partial charge >= 0.3 is 6.36 Å². The Kier molecular flexibility index (Phi) is 3.41. The molecular weight excluding hydrogens is 287 g/mol. The van der Waals surface area contributed by atoms with E-state index >= 15 is 0 Å². The van der Waals surface area contributed by atoms with Crippen LogP contribution in [0.25, 0.3) is 10.4 Å². The van der Waals surface area contributed by atoms with Gasteiger partial charge in [-0.2, -0.15) is 0 Å². The van der Waals surface area contributed by atoms with Crippen LogP contribution in [0.2, 0.25) is 5.02 Å². The highest BCUT2D eigenvalue weighted by Gasteiger charge is 2.32. The Morgan fingerprint density at radius 2 is 1.94 bits per heavy atom. The molecule has 1 aromatic heterocycles. The SMILES string of the molecule is Nc1ccc(OC(F)(F)F)c(-c2sccc2Cl)c1. The van der Waals surface area contributed by atoms with E-state index in [1.54, 1.807) is 11.4 Å². The second kappa shape index (κ2) is 4.70. The molecule has 0 saturated heterocycles. The molecule has 0 bridgehead atoms. The van der Waals surface area contributed by atoms with Gasteiger partial charge in [-0.3, -0.25) is 0 Å². The minimum atomic E-state index is -4.76. The summed E-state index contributed by atoms with van der Waals surface area (Å²) in [5, 5.41) is 2.04. The van der Waals surface area contributed by atoms with Gasteiger partial charge in [0.1, 0.15) is 5.75 Å². The molecule has 1 aromatic carbocycles. The molecular formula is C11H7ClF3NOS. The molecule has 1 heterocycles. The molecule has 0 aliphatic heterocycles. The van der Waals surface area contributed by atoms with Crippen LogP contribution < -0.4 is 10.5 Å². The molecule has 0 aliphatic rings. The number of benzene rings is 1. The van der Waals surface area contributed by atoms with Crippen LogP contribution in [0, 0.1) is 0 Å². The predicted octanol–water partition coefficient (Wildman–Crippen LogP) is 4.55. The van der Waals surface area contributed by atoms with Gasteiger partial charge in [-0.05, 0) is 29.6 Å². The van der Waals surface area contributed by atoms with Crippen molar-refractivity contribution in [1.82, 2.24) is 0 Å². The predicted molar refractivity (Wildman–Crippen MR) is 65.9 cm³/mol. The number of thiophene rings is 1. The standard InChI is InChI=1S/C11H7ClF3NOS/c12-8-3-4-18-10(8)7-5-6(16)1-2-9(7)17-11(13,14)15/h1-5H,16H2. The highest BCUT2D eigenvalue weighted by Crippen LogP contribution is 2.41. The first-order valence-corrected chi connectivity index (χ1v) is 6.01. The van der Waals surface area contributed by atoms with Crippen LogP contribution in [-0.4, -0.2) is 6.36 Å². The zero-order chi connectivity index (χ0) is 13.3. The van der Waals surface area contributed by atoms with Gasteiger partial charge in [-0.1, -0.05) is 11.6 Å². The van der Waals surface area contributed by atoms with E-state index in [0.717, 1.165) is 0 Å². The molecule has 2 rings (SSSR count). The zero-order valence-corrected chi connectivity index (χ0v) is 10.4. The molecule has 0 atom stereocenters. The lowest BCUT2D eigenvalue weighted by molar-refractivity contribution is -0.274. The number of hydrogen-bond donors (Lipinski definition) is 1. The zero-order valence-electron chi connectivity index (χ0n) is 8.79. The summed E-state index contributed by atoms with van der Waals surface area (Å²) in [5.74, 6) is -0.318. The molecule has 2 nitrogen and oxygen atoms in total. The van der Waals surface area contributed by atoms with E-state index in [0.29, 0.717) is 15.6 Å². The van der Waals surface area contributed by atoms with Gasteiger partial charge in [-0.25, -0.2) is 0 Å². The fourth-order valence-corrected chi connectivity index (χ4v) is 2.61. The minimum absolute atomic E-state index is 0.229. The topological polar surface area (TPSA) is 35.2 Å². The quantitative estimate of drug-likeness (QED) is 0.825. The Morgan fingerprint density at radius 1 is 1.22 bits per heavy atom. The van der Waals surface area contributed by atoms with E-state index in [1.807, 2.05) is 0 Å². The molecule has 0 spiro atoms. The first-order valence-electron chi connectivity index (χ1n) is 4.75. The lowest BCUT2D eigenvalue weighted by Crippen LogP contribution is -2.17. The maximum absolute atomic E-state index is 12.3. The van der Waals surface area contributed by atoms with Gasteiger partial charge in [-0.15, -0.1) is 24.5 Å². The second-order valence-corrected chi connectivity index (χ2v) is 4.72. The van der Waals surface area contributed by atoms with Crippen LogP contribution in [0.5, 0.6) is 5.75 Å². The molecule has 18 heavy (non-hydrogen) atoms. The maximum Gasteiger partial charge on any atom is 0.573 e. The highest BCUT2D eigenvalue weighted by atomic mass is 35.5. The average Bonchev–Trinajstić information content (AvgIpc) is 2.65. The molecule has 7 heteroatoms. The first-order chi connectivity index (χ1) is 8.37. The number of alkyl halides is 3. The Morgan fingerprint density at radius 3 is 2.50 bits per heavy atom. The van der Waals surface area contributed by atoms with Crippen molar-refractivity contribution in [2.24, 2.45) is 0 Å². The van der Waals surface area contributed by atoms with E-state index in [4.69, 9.17) is 17.3 Å². The monoisotopic (exact) mass is 293 g/mol. The van der Waals surface area contributed by atoms with E-state index in [2.05, 4.69) is 4.74 Å². The molecule has 0 fully saturated rings. The van der Waals surface area contributed by atoms with Crippen molar-refractivity contribution in [2.45, 2.75) is 6.36 Å². The van der Waals surface area contributed by atoms with Gasteiger partial charge in [0.2, 0.25) is 0 Å². The molecule has 2 N–H and O–H groups in total. The summed E-state index contributed by atoms with van der Waals surface area (Å²) >= 11 is 7.12. The van der Waals surface area contributed by atoms with Gasteiger partial charge in [0.25, 0.3) is 0 Å². The van der Waals surface area contributed by atoms with Crippen LogP contribution in [-0.2, 0) is 0 Å². The van der Waals surface area contributed by atoms with Gasteiger partial charge in [0.15, 0.2) is 0 Å². The van der Waals surface area contributed by atoms with Crippen LogP contribution in [0.1, 0.15) is 0 Å². The lowest BCUT2D eigenvalue weighted by Gasteiger charge is -2.13. The molecule has 0 amide bonds. The number of halogens is 4. The van der Waals surface area contributed by atoms with Gasteiger partial charge < -0.3 is 10.5 Å². The van der Waals surface area contributed by atoms with Crippen molar-refractivity contribution < 1.29 is 17.9 Å². The average molecular weight is 294 g/mol. The molecule has 0 saturated carbocycles. The first kappa shape index (κ1) is 13.0. The number of anilines is 1. The Hall–Kier alpha value is -1.40. The third-order valence-electron chi connectivity index (χ3n) is 2.09. The Bertz CT molecular complexity index is 568. The van der Waals surface area contributed by atoms with E-state index in [-0.39, 0.29) is 11.3 Å². The highest BCUT2D eigenvalue weighted by molar-refractivity contribution is 7.14. The molecule has 0 radical (unpaired) electrons. The van der Waals surface area contributed by atoms with Crippen LogP contribution in [0.15, 0.2) is 29.6 Å². The molecule has 2 aromatic rings. The van der Waals surface area contributed by atoms with Crippen molar-refractivity contribution in [3.63, 3.8) is 0 Å². The van der Waals surface area contributed by atoms with Crippen molar-refractivity contribution in [3.05, 3.63) is 34.7 Å². The fourth-order valence-electron chi connectivity index (χ4n) is 1.42. The Balaban J connectivity index is 2.51. The maximum atomic E-state index is 12.3. The van der Waals surface area contributed by atoms with E-state index < -0.39 is 6.36 Å². The number of rotatable bonds is 2. The smallest absolute Gasteiger partial charge is 0.405 e. The number of hydrogen-bond acceptors (Lipinski definition) is 3. The van der Waals surface area contributed by atoms with Crippen molar-refractivity contribution in [1.29, 1.82) is 0 Å². The number of nitrogen functional groups attached to an aromatic ring is 1. The summed E-state index contributed by atoms with van der Waals surface area (Å²) in [6, 6.07) is 5.52. The van der Waals surface area contributed by atoms with Gasteiger partial charge in [0, 0.05) is 11.3 Å². The van der Waals surface area contributed by atoms with Crippen LogP contribution >= 0.6 is 22.9 Å². The lowest BCUT2D eigenvalue weighted by atomic mass is 10.1. The second-order valence-electron chi connectivity index (χ2n) is 3.40. The minimum Gasteiger partial charge on any atom is -0.405 e. The molecule has 0 unspecified atom stereocenters. The van der Waals surface area contributed by atoms with E-state index in [9.17, 15) is 13.2 Å². The third kappa shape index (κ3) is 2.88. The number of nitrogens with two attached hydrogens (primary N) is 1. The molecule has 0 aliphatic carbocycles. The van der Waals surface area contributed by atoms with Crippen molar-refractivity contribution >= 4 is 28.6 Å². The summed E-state index contributed by atoms with van der Waals surface area (Å²) in [6.07, 6.45) is -4.76. The molecule has 96 valence electrons. The summed E-state index contributed by atoms with van der Waals surface area (Å²) in [6.45, 7) is 0. The van der Waals surface area contributed by atoms with Gasteiger partial charge in [0.05, 0.1) is 9.90 Å². The van der Waals surface area contributed by atoms with Crippen LogP contribution in [0.4, 0.5) is 18.9 Å². The summed E-state index contributed by atoms with van der Waals surface area (Å²) in [5.41, 5.74) is 6.14. The fraction of sp³-hybridized carbons (Fsp3) is 0.0909. The van der Waals surface area contributed by atoms with Crippen molar-refractivity contribution in [3.8, 4) is 16.2 Å². The Labute approximate surface area is 110 Å². The third-order valence-corrected chi connectivity index (χ3v) is 3.47.